The van der Waals surface area contributed by atoms with E-state index >= 15 is 0 Å². The van der Waals surface area contributed by atoms with Gasteiger partial charge < -0.3 is 10.1 Å². The Morgan fingerprint density at radius 1 is 0.970 bits per heavy atom. The molecular weight excluding hydrogens is 464 g/mol. The normalized spacial score (nSPS) is 11.3. The van der Waals surface area contributed by atoms with Crippen molar-refractivity contribution in [2.75, 3.05) is 19.0 Å². The van der Waals surface area contributed by atoms with E-state index in [0.29, 0.717) is 5.02 Å². The zero-order valence-corrected chi connectivity index (χ0v) is 19.7. The summed E-state index contributed by atoms with van der Waals surface area (Å²) in [5, 5.41) is 3.02. The highest BCUT2D eigenvalue weighted by atomic mass is 35.5. The number of nitrogens with one attached hydrogen (secondary N) is 1. The van der Waals surface area contributed by atoms with E-state index in [1.54, 1.807) is 18.2 Å². The number of hydrogen-bond donors (Lipinski definition) is 1. The van der Waals surface area contributed by atoms with Gasteiger partial charge in [-0.2, -0.15) is 4.31 Å². The van der Waals surface area contributed by atoms with Crippen LogP contribution in [0.3, 0.4) is 0 Å². The number of rotatable bonds is 8. The molecule has 0 aliphatic heterocycles. The highest BCUT2D eigenvalue weighted by Crippen LogP contribution is 2.22. The number of hydrogen-bond acceptors (Lipinski definition) is 5. The van der Waals surface area contributed by atoms with Crippen LogP contribution in [0.25, 0.3) is 0 Å². The van der Waals surface area contributed by atoms with Crippen molar-refractivity contribution in [2.45, 2.75) is 18.4 Å². The minimum absolute atomic E-state index is 0.0155. The number of halogens is 1. The Kier molecular flexibility index (Phi) is 7.86. The van der Waals surface area contributed by atoms with Gasteiger partial charge in [0.2, 0.25) is 15.9 Å². The molecular formula is C24H23ClN2O5S. The SMILES string of the molecule is COC(=O)c1ccccc1NC(=O)CN(Cc1ccc(C)cc1)S(=O)(=O)c1ccc(Cl)cc1. The zero-order valence-electron chi connectivity index (χ0n) is 18.1. The average Bonchev–Trinajstić information content (AvgIpc) is 2.80. The largest absolute Gasteiger partial charge is 0.465 e. The third-order valence-corrected chi connectivity index (χ3v) is 6.92. The fraction of sp³-hybridized carbons (Fsp3) is 0.167. The highest BCUT2D eigenvalue weighted by molar-refractivity contribution is 7.89. The molecule has 7 nitrogen and oxygen atoms in total. The lowest BCUT2D eigenvalue weighted by Crippen LogP contribution is -2.37. The van der Waals surface area contributed by atoms with Crippen molar-refractivity contribution in [3.05, 3.63) is 94.5 Å². The quantitative estimate of drug-likeness (QED) is 0.480. The second-order valence-corrected chi connectivity index (χ2v) is 9.67. The summed E-state index contributed by atoms with van der Waals surface area (Å²) >= 11 is 5.90. The molecule has 3 aromatic rings. The van der Waals surface area contributed by atoms with Gasteiger partial charge in [0.1, 0.15) is 0 Å². The maximum Gasteiger partial charge on any atom is 0.339 e. The predicted octanol–water partition coefficient (Wildman–Crippen LogP) is 4.26. The first-order valence-electron chi connectivity index (χ1n) is 9.99. The van der Waals surface area contributed by atoms with Gasteiger partial charge in [-0.1, -0.05) is 53.6 Å². The first-order chi connectivity index (χ1) is 15.7. The van der Waals surface area contributed by atoms with Crippen LogP contribution in [0.4, 0.5) is 5.69 Å². The number of benzene rings is 3. The average molecular weight is 487 g/mol. The second-order valence-electron chi connectivity index (χ2n) is 7.30. The highest BCUT2D eigenvalue weighted by Gasteiger charge is 2.27. The molecule has 33 heavy (non-hydrogen) atoms. The molecule has 0 unspecified atom stereocenters. The van der Waals surface area contributed by atoms with Crippen LogP contribution < -0.4 is 5.32 Å². The molecule has 0 radical (unpaired) electrons. The topological polar surface area (TPSA) is 92.8 Å². The van der Waals surface area contributed by atoms with Gasteiger partial charge in [0, 0.05) is 11.6 Å². The van der Waals surface area contributed by atoms with Crippen molar-refractivity contribution in [3.8, 4) is 0 Å². The van der Waals surface area contributed by atoms with Crippen LogP contribution in [-0.4, -0.2) is 38.3 Å². The number of nitrogens with zero attached hydrogens (tertiary/aromatic N) is 1. The summed E-state index contributed by atoms with van der Waals surface area (Å²) < 4.78 is 32.5. The summed E-state index contributed by atoms with van der Waals surface area (Å²) in [6, 6.07) is 19.4. The molecule has 0 spiro atoms. The van der Waals surface area contributed by atoms with E-state index in [1.165, 1.54) is 37.4 Å². The lowest BCUT2D eigenvalue weighted by atomic mass is 10.1. The monoisotopic (exact) mass is 486 g/mol. The van der Waals surface area contributed by atoms with E-state index in [1.807, 2.05) is 31.2 Å². The number of sulfonamides is 1. The Balaban J connectivity index is 1.89. The number of methoxy groups -OCH3 is 1. The molecule has 1 amide bonds. The van der Waals surface area contributed by atoms with Crippen molar-refractivity contribution in [1.29, 1.82) is 0 Å². The van der Waals surface area contributed by atoms with Crippen molar-refractivity contribution >= 4 is 39.2 Å². The third-order valence-electron chi connectivity index (χ3n) is 4.86. The van der Waals surface area contributed by atoms with Crippen LogP contribution in [-0.2, 0) is 26.1 Å². The van der Waals surface area contributed by atoms with E-state index < -0.39 is 28.4 Å². The van der Waals surface area contributed by atoms with Gasteiger partial charge in [0.05, 0.1) is 29.8 Å². The van der Waals surface area contributed by atoms with Crippen LogP contribution in [0, 0.1) is 6.92 Å². The standard InChI is InChI=1S/C24H23ClN2O5S/c1-17-7-9-18(10-8-17)15-27(33(30,31)20-13-11-19(25)12-14-20)16-23(28)26-22-6-4-3-5-21(22)24(29)32-2/h3-14H,15-16H2,1-2H3,(H,26,28). The number of aryl methyl sites for hydroxylation is 1. The Hall–Kier alpha value is -3.20. The van der Waals surface area contributed by atoms with Gasteiger partial charge in [-0.25, -0.2) is 13.2 Å². The molecule has 3 aromatic carbocycles. The Morgan fingerprint density at radius 2 is 1.61 bits per heavy atom. The first-order valence-corrected chi connectivity index (χ1v) is 11.8. The van der Waals surface area contributed by atoms with Crippen LogP contribution in [0.15, 0.2) is 77.7 Å². The molecule has 3 rings (SSSR count). The van der Waals surface area contributed by atoms with Crippen molar-refractivity contribution in [3.63, 3.8) is 0 Å². The lowest BCUT2D eigenvalue weighted by Gasteiger charge is -2.22. The van der Waals surface area contributed by atoms with Crippen LogP contribution in [0.5, 0.6) is 0 Å². The van der Waals surface area contributed by atoms with Gasteiger partial charge in [-0.3, -0.25) is 4.79 Å². The second kappa shape index (κ2) is 10.6. The number of carbonyl (C=O) groups is 2. The summed E-state index contributed by atoms with van der Waals surface area (Å²) in [7, 11) is -2.78. The molecule has 9 heteroatoms. The maximum absolute atomic E-state index is 13.4. The molecule has 0 saturated heterocycles. The molecule has 0 fully saturated rings. The van der Waals surface area contributed by atoms with E-state index in [2.05, 4.69) is 5.32 Å². The van der Waals surface area contributed by atoms with Gasteiger partial charge in [-0.15, -0.1) is 0 Å². The molecule has 0 aliphatic carbocycles. The molecule has 1 N–H and O–H groups in total. The zero-order chi connectivity index (χ0) is 24.0. The number of amides is 1. The van der Waals surface area contributed by atoms with Crippen molar-refractivity contribution in [1.82, 2.24) is 4.31 Å². The molecule has 0 heterocycles. The van der Waals surface area contributed by atoms with Crippen LogP contribution in [0.1, 0.15) is 21.5 Å². The molecule has 0 aliphatic rings. The Morgan fingerprint density at radius 3 is 2.24 bits per heavy atom. The van der Waals surface area contributed by atoms with Crippen LogP contribution in [0.2, 0.25) is 5.02 Å². The molecule has 0 saturated carbocycles. The van der Waals surface area contributed by atoms with Gasteiger partial charge in [0.15, 0.2) is 0 Å². The van der Waals surface area contributed by atoms with E-state index in [9.17, 15) is 18.0 Å². The molecule has 0 bridgehead atoms. The molecule has 0 atom stereocenters. The molecule has 0 aromatic heterocycles. The molecule has 172 valence electrons. The van der Waals surface area contributed by atoms with E-state index in [-0.39, 0.29) is 22.7 Å². The minimum atomic E-state index is -4.02. The Labute approximate surface area is 198 Å². The fourth-order valence-corrected chi connectivity index (χ4v) is 4.62. The first kappa shape index (κ1) is 24.4. The number of ether oxygens (including phenoxy) is 1. The Bertz CT molecular complexity index is 1240. The number of esters is 1. The van der Waals surface area contributed by atoms with Gasteiger partial charge in [-0.05, 0) is 48.9 Å². The lowest BCUT2D eigenvalue weighted by molar-refractivity contribution is -0.116. The third kappa shape index (κ3) is 6.19. The smallest absolute Gasteiger partial charge is 0.339 e. The summed E-state index contributed by atoms with van der Waals surface area (Å²) in [6.07, 6.45) is 0. The maximum atomic E-state index is 13.4. The van der Waals surface area contributed by atoms with Crippen molar-refractivity contribution in [2.24, 2.45) is 0 Å². The summed E-state index contributed by atoms with van der Waals surface area (Å²) in [5.41, 5.74) is 2.15. The summed E-state index contributed by atoms with van der Waals surface area (Å²) in [5.74, 6) is -1.22. The fourth-order valence-electron chi connectivity index (χ4n) is 3.11. The van der Waals surface area contributed by atoms with E-state index in [4.69, 9.17) is 16.3 Å². The summed E-state index contributed by atoms with van der Waals surface area (Å²) in [4.78, 5) is 24.9. The predicted molar refractivity (Wildman–Crippen MR) is 127 cm³/mol. The summed E-state index contributed by atoms with van der Waals surface area (Å²) in [6.45, 7) is 1.45. The number of para-hydroxylation sites is 1. The van der Waals surface area contributed by atoms with Crippen molar-refractivity contribution < 1.29 is 22.7 Å². The number of carbonyl (C=O) groups excluding carboxylic acids is 2. The van der Waals surface area contributed by atoms with Crippen LogP contribution >= 0.6 is 11.6 Å². The van der Waals surface area contributed by atoms with Gasteiger partial charge in [0.25, 0.3) is 0 Å². The number of anilines is 1. The van der Waals surface area contributed by atoms with E-state index in [0.717, 1.165) is 15.4 Å². The minimum Gasteiger partial charge on any atom is -0.465 e. The van der Waals surface area contributed by atoms with Gasteiger partial charge >= 0.3 is 5.97 Å².